The van der Waals surface area contributed by atoms with E-state index in [-0.39, 0.29) is 0 Å². The molecule has 1 aliphatic carbocycles. The van der Waals surface area contributed by atoms with E-state index < -0.39 is 0 Å². The normalized spacial score (nSPS) is 21.5. The minimum atomic E-state index is 0.580. The van der Waals surface area contributed by atoms with Crippen LogP contribution in [0.5, 0.6) is 0 Å². The summed E-state index contributed by atoms with van der Waals surface area (Å²) in [7, 11) is 2.25. The molecule has 1 rings (SSSR count). The summed E-state index contributed by atoms with van der Waals surface area (Å²) in [6.45, 7) is 5.94. The molecule has 0 amide bonds. The largest absolute Gasteiger partial charge is 0.303 e. The standard InChI is InChI=1S/C14H25N/c1-5-6-7-12-15(4)13-8-10-14(2,3)11-9-13/h1,13H,6-12H2,2-4H3. The van der Waals surface area contributed by atoms with Gasteiger partial charge in [-0.25, -0.2) is 0 Å². The first kappa shape index (κ1) is 12.6. The van der Waals surface area contributed by atoms with E-state index >= 15 is 0 Å². The van der Waals surface area contributed by atoms with Gasteiger partial charge in [-0.1, -0.05) is 13.8 Å². The number of hydrogen-bond donors (Lipinski definition) is 0. The van der Waals surface area contributed by atoms with E-state index in [0.717, 1.165) is 25.4 Å². The molecule has 1 heteroatoms. The van der Waals surface area contributed by atoms with Crippen molar-refractivity contribution < 1.29 is 0 Å². The third-order valence-corrected chi connectivity index (χ3v) is 3.76. The molecule has 0 aromatic heterocycles. The zero-order valence-electron chi connectivity index (χ0n) is 10.6. The molecule has 1 fully saturated rings. The van der Waals surface area contributed by atoms with Gasteiger partial charge in [-0.3, -0.25) is 0 Å². The number of nitrogens with zero attached hydrogens (tertiary/aromatic N) is 1. The molecule has 0 N–H and O–H groups in total. The third kappa shape index (κ3) is 4.26. The lowest BCUT2D eigenvalue weighted by atomic mass is 9.75. The Bertz CT molecular complexity index is 214. The van der Waals surface area contributed by atoms with Gasteiger partial charge in [0.2, 0.25) is 0 Å². The molecule has 0 heterocycles. The Morgan fingerprint density at radius 2 is 1.93 bits per heavy atom. The molecule has 0 bridgehead atoms. The lowest BCUT2D eigenvalue weighted by Crippen LogP contribution is -2.37. The summed E-state index contributed by atoms with van der Waals surface area (Å²) < 4.78 is 0. The van der Waals surface area contributed by atoms with Gasteiger partial charge in [0.1, 0.15) is 0 Å². The predicted molar refractivity (Wildman–Crippen MR) is 66.7 cm³/mol. The molecule has 0 aromatic rings. The molecular formula is C14H25N. The van der Waals surface area contributed by atoms with E-state index in [4.69, 9.17) is 6.42 Å². The van der Waals surface area contributed by atoms with Gasteiger partial charge in [0.05, 0.1) is 0 Å². The Kier molecular flexibility index (Phi) is 4.67. The molecule has 86 valence electrons. The monoisotopic (exact) mass is 207 g/mol. The van der Waals surface area contributed by atoms with Crippen LogP contribution in [-0.2, 0) is 0 Å². The molecule has 0 spiro atoms. The zero-order valence-corrected chi connectivity index (χ0v) is 10.6. The average Bonchev–Trinajstić information content (AvgIpc) is 2.18. The highest BCUT2D eigenvalue weighted by Crippen LogP contribution is 2.36. The highest BCUT2D eigenvalue weighted by molar-refractivity contribution is 4.85. The molecule has 0 unspecified atom stereocenters. The highest BCUT2D eigenvalue weighted by atomic mass is 15.1. The van der Waals surface area contributed by atoms with Crippen LogP contribution in [0, 0.1) is 17.8 Å². The fraction of sp³-hybridized carbons (Fsp3) is 0.857. The second-order valence-corrected chi connectivity index (χ2v) is 5.68. The third-order valence-electron chi connectivity index (χ3n) is 3.76. The molecule has 0 saturated heterocycles. The lowest BCUT2D eigenvalue weighted by Gasteiger charge is -2.38. The molecule has 15 heavy (non-hydrogen) atoms. The van der Waals surface area contributed by atoms with Crippen molar-refractivity contribution in [3.63, 3.8) is 0 Å². The van der Waals surface area contributed by atoms with Crippen molar-refractivity contribution >= 4 is 0 Å². The summed E-state index contributed by atoms with van der Waals surface area (Å²) in [5, 5.41) is 0. The molecule has 1 aliphatic rings. The van der Waals surface area contributed by atoms with Crippen LogP contribution in [0.3, 0.4) is 0 Å². The first-order valence-electron chi connectivity index (χ1n) is 6.19. The average molecular weight is 207 g/mol. The lowest BCUT2D eigenvalue weighted by molar-refractivity contribution is 0.127. The van der Waals surface area contributed by atoms with Crippen molar-refractivity contribution in [2.75, 3.05) is 13.6 Å². The van der Waals surface area contributed by atoms with Crippen LogP contribution in [0.15, 0.2) is 0 Å². The first-order chi connectivity index (χ1) is 7.05. The molecule has 1 saturated carbocycles. The maximum atomic E-state index is 5.26. The van der Waals surface area contributed by atoms with Gasteiger partial charge < -0.3 is 4.90 Å². The number of terminal acetylenes is 1. The van der Waals surface area contributed by atoms with E-state index in [1.165, 1.54) is 25.7 Å². The Morgan fingerprint density at radius 1 is 1.33 bits per heavy atom. The Balaban J connectivity index is 2.24. The van der Waals surface area contributed by atoms with Gasteiger partial charge in [-0.2, -0.15) is 0 Å². The summed E-state index contributed by atoms with van der Waals surface area (Å²) >= 11 is 0. The molecule has 0 aliphatic heterocycles. The second-order valence-electron chi connectivity index (χ2n) is 5.68. The van der Waals surface area contributed by atoms with Crippen molar-refractivity contribution in [1.29, 1.82) is 0 Å². The van der Waals surface area contributed by atoms with Crippen LogP contribution < -0.4 is 0 Å². The van der Waals surface area contributed by atoms with Crippen LogP contribution in [0.2, 0.25) is 0 Å². The Labute approximate surface area is 95.2 Å². The SMILES string of the molecule is C#CCCCN(C)C1CCC(C)(C)CC1. The van der Waals surface area contributed by atoms with Gasteiger partial charge in [0.25, 0.3) is 0 Å². The fourth-order valence-electron chi connectivity index (χ4n) is 2.44. The van der Waals surface area contributed by atoms with Gasteiger partial charge in [0.15, 0.2) is 0 Å². The maximum absolute atomic E-state index is 5.26. The van der Waals surface area contributed by atoms with Crippen molar-refractivity contribution in [2.45, 2.75) is 58.4 Å². The highest BCUT2D eigenvalue weighted by Gasteiger charge is 2.28. The van der Waals surface area contributed by atoms with Crippen molar-refractivity contribution in [2.24, 2.45) is 5.41 Å². The number of hydrogen-bond acceptors (Lipinski definition) is 1. The van der Waals surface area contributed by atoms with Crippen LogP contribution in [0.4, 0.5) is 0 Å². The quantitative estimate of drug-likeness (QED) is 0.505. The van der Waals surface area contributed by atoms with Gasteiger partial charge in [-0.15, -0.1) is 12.3 Å². The van der Waals surface area contributed by atoms with Crippen molar-refractivity contribution in [3.8, 4) is 12.3 Å². The number of rotatable bonds is 4. The first-order valence-corrected chi connectivity index (χ1v) is 6.19. The van der Waals surface area contributed by atoms with E-state index in [0.29, 0.717) is 5.41 Å². The predicted octanol–water partition coefficient (Wildman–Crippen LogP) is 3.30. The summed E-state index contributed by atoms with van der Waals surface area (Å²) in [6.07, 6.45) is 12.8. The zero-order chi connectivity index (χ0) is 11.3. The Morgan fingerprint density at radius 3 is 2.47 bits per heavy atom. The van der Waals surface area contributed by atoms with E-state index in [1.54, 1.807) is 0 Å². The minimum absolute atomic E-state index is 0.580. The van der Waals surface area contributed by atoms with Crippen molar-refractivity contribution in [3.05, 3.63) is 0 Å². The maximum Gasteiger partial charge on any atom is 0.00982 e. The van der Waals surface area contributed by atoms with Gasteiger partial charge >= 0.3 is 0 Å². The summed E-state index contributed by atoms with van der Waals surface area (Å²) in [5.74, 6) is 2.71. The van der Waals surface area contributed by atoms with Crippen LogP contribution in [-0.4, -0.2) is 24.5 Å². The molecule has 0 atom stereocenters. The minimum Gasteiger partial charge on any atom is -0.303 e. The molecule has 0 aromatic carbocycles. The van der Waals surface area contributed by atoms with Crippen LogP contribution in [0.1, 0.15) is 52.4 Å². The number of unbranched alkanes of at least 4 members (excludes halogenated alkanes) is 1. The molecule has 0 radical (unpaired) electrons. The van der Waals surface area contributed by atoms with E-state index in [9.17, 15) is 0 Å². The fourth-order valence-corrected chi connectivity index (χ4v) is 2.44. The second kappa shape index (κ2) is 5.56. The van der Waals surface area contributed by atoms with Crippen molar-refractivity contribution in [1.82, 2.24) is 4.90 Å². The van der Waals surface area contributed by atoms with Crippen LogP contribution >= 0.6 is 0 Å². The van der Waals surface area contributed by atoms with Gasteiger partial charge in [0, 0.05) is 12.5 Å². The summed E-state index contributed by atoms with van der Waals surface area (Å²) in [5.41, 5.74) is 0.580. The molecule has 1 nitrogen and oxygen atoms in total. The van der Waals surface area contributed by atoms with E-state index in [2.05, 4.69) is 31.7 Å². The summed E-state index contributed by atoms with van der Waals surface area (Å²) in [6, 6.07) is 0.802. The summed E-state index contributed by atoms with van der Waals surface area (Å²) in [4.78, 5) is 2.51. The van der Waals surface area contributed by atoms with Gasteiger partial charge in [-0.05, 0) is 51.1 Å². The Hall–Kier alpha value is -0.480. The smallest absolute Gasteiger partial charge is 0.00982 e. The molecular weight excluding hydrogens is 182 g/mol. The topological polar surface area (TPSA) is 3.24 Å². The van der Waals surface area contributed by atoms with Crippen LogP contribution in [0.25, 0.3) is 0 Å². The van der Waals surface area contributed by atoms with E-state index in [1.807, 2.05) is 0 Å².